The molecule has 0 amide bonds. The zero-order chi connectivity index (χ0) is 21.1. The maximum absolute atomic E-state index is 13.4. The van der Waals surface area contributed by atoms with Crippen molar-refractivity contribution in [3.8, 4) is 22.0 Å². The molecular formula is C22H18FN3O3S. The van der Waals surface area contributed by atoms with E-state index in [0.717, 1.165) is 11.1 Å². The van der Waals surface area contributed by atoms with Crippen LogP contribution in [0.2, 0.25) is 0 Å². The number of rotatable bonds is 6. The molecule has 1 atom stereocenters. The molecule has 2 aromatic carbocycles. The van der Waals surface area contributed by atoms with Crippen LogP contribution in [0.1, 0.15) is 30.2 Å². The summed E-state index contributed by atoms with van der Waals surface area (Å²) in [5, 5.41) is 10.4. The molecule has 0 saturated heterocycles. The number of esters is 1. The standard InChI is InChI=1S/C22H18FN3O3S/c1-13-6-8-15(9-7-13)21-26-25-20(29-21)14(2)28-19(27)11-18-12-30-22(24-18)16-4-3-5-17(23)10-16/h3-10,12,14H,11H2,1-2H3. The van der Waals surface area contributed by atoms with Gasteiger partial charge < -0.3 is 9.15 Å². The van der Waals surface area contributed by atoms with Crippen molar-refractivity contribution < 1.29 is 18.3 Å². The Balaban J connectivity index is 1.38. The first kappa shape index (κ1) is 19.9. The summed E-state index contributed by atoms with van der Waals surface area (Å²) < 4.78 is 24.4. The molecule has 0 spiro atoms. The molecule has 0 aliphatic heterocycles. The van der Waals surface area contributed by atoms with Crippen LogP contribution < -0.4 is 0 Å². The average molecular weight is 423 g/mol. The van der Waals surface area contributed by atoms with Gasteiger partial charge in [0.25, 0.3) is 5.89 Å². The van der Waals surface area contributed by atoms with Crippen molar-refractivity contribution in [1.82, 2.24) is 15.2 Å². The lowest BCUT2D eigenvalue weighted by Gasteiger charge is -2.08. The highest BCUT2D eigenvalue weighted by molar-refractivity contribution is 7.13. The van der Waals surface area contributed by atoms with E-state index in [0.29, 0.717) is 22.2 Å². The Bertz CT molecular complexity index is 1170. The molecule has 4 aromatic rings. The lowest BCUT2D eigenvalue weighted by atomic mass is 10.1. The third-order valence-electron chi connectivity index (χ3n) is 4.34. The zero-order valence-electron chi connectivity index (χ0n) is 16.3. The Morgan fingerprint density at radius 3 is 2.73 bits per heavy atom. The summed E-state index contributed by atoms with van der Waals surface area (Å²) in [7, 11) is 0. The number of hydrogen-bond donors (Lipinski definition) is 0. The first-order chi connectivity index (χ1) is 14.5. The molecule has 0 aliphatic carbocycles. The molecule has 152 valence electrons. The van der Waals surface area contributed by atoms with Crippen LogP contribution in [0.5, 0.6) is 0 Å². The van der Waals surface area contributed by atoms with Gasteiger partial charge in [-0.1, -0.05) is 29.8 Å². The minimum atomic E-state index is -0.689. The number of aromatic nitrogens is 3. The number of ether oxygens (including phenoxy) is 1. The van der Waals surface area contributed by atoms with Crippen LogP contribution in [0.3, 0.4) is 0 Å². The first-order valence-corrected chi connectivity index (χ1v) is 10.2. The second kappa shape index (κ2) is 8.54. The maximum atomic E-state index is 13.4. The molecule has 0 radical (unpaired) electrons. The fourth-order valence-electron chi connectivity index (χ4n) is 2.79. The molecule has 0 N–H and O–H groups in total. The van der Waals surface area contributed by atoms with Crippen molar-refractivity contribution in [2.45, 2.75) is 26.4 Å². The molecule has 0 fully saturated rings. The molecule has 1 unspecified atom stereocenters. The van der Waals surface area contributed by atoms with Gasteiger partial charge in [0, 0.05) is 16.5 Å². The van der Waals surface area contributed by atoms with E-state index in [9.17, 15) is 9.18 Å². The van der Waals surface area contributed by atoms with E-state index in [1.54, 1.807) is 24.4 Å². The topological polar surface area (TPSA) is 78.1 Å². The Hall–Kier alpha value is -3.39. The number of halogens is 1. The van der Waals surface area contributed by atoms with Crippen LogP contribution in [0.15, 0.2) is 58.3 Å². The summed E-state index contributed by atoms with van der Waals surface area (Å²) in [5.74, 6) is -0.208. The van der Waals surface area contributed by atoms with Crippen molar-refractivity contribution in [3.63, 3.8) is 0 Å². The molecule has 0 saturated carbocycles. The minimum absolute atomic E-state index is 0.00485. The monoisotopic (exact) mass is 423 g/mol. The van der Waals surface area contributed by atoms with Crippen molar-refractivity contribution >= 4 is 17.3 Å². The lowest BCUT2D eigenvalue weighted by Crippen LogP contribution is -2.12. The highest BCUT2D eigenvalue weighted by atomic mass is 32.1. The van der Waals surface area contributed by atoms with Crippen LogP contribution in [0.4, 0.5) is 4.39 Å². The summed E-state index contributed by atoms with van der Waals surface area (Å²) in [6, 6.07) is 13.9. The predicted molar refractivity (Wildman–Crippen MR) is 110 cm³/mol. The van der Waals surface area contributed by atoms with Gasteiger partial charge in [-0.15, -0.1) is 21.5 Å². The number of aryl methyl sites for hydroxylation is 1. The van der Waals surface area contributed by atoms with Gasteiger partial charge in [0.1, 0.15) is 10.8 Å². The van der Waals surface area contributed by atoms with Crippen molar-refractivity contribution in [1.29, 1.82) is 0 Å². The Kier molecular flexibility index (Phi) is 5.67. The minimum Gasteiger partial charge on any atom is -0.452 e. The Labute approximate surface area is 176 Å². The van der Waals surface area contributed by atoms with Gasteiger partial charge in [-0.05, 0) is 38.1 Å². The summed E-state index contributed by atoms with van der Waals surface area (Å²) in [5.41, 5.74) is 3.15. The fraction of sp³-hybridized carbons (Fsp3) is 0.182. The Morgan fingerprint density at radius 1 is 1.17 bits per heavy atom. The van der Waals surface area contributed by atoms with Crippen molar-refractivity contribution in [3.05, 3.63) is 76.9 Å². The summed E-state index contributed by atoms with van der Waals surface area (Å²) in [4.78, 5) is 16.7. The van der Waals surface area contributed by atoms with E-state index in [-0.39, 0.29) is 18.1 Å². The van der Waals surface area contributed by atoms with Gasteiger partial charge in [-0.2, -0.15) is 0 Å². The molecule has 4 rings (SSSR count). The van der Waals surface area contributed by atoms with Crippen molar-refractivity contribution in [2.75, 3.05) is 0 Å². The van der Waals surface area contributed by atoms with Crippen molar-refractivity contribution in [2.24, 2.45) is 0 Å². The predicted octanol–water partition coefficient (Wildman–Crippen LogP) is 5.15. The third-order valence-corrected chi connectivity index (χ3v) is 5.28. The molecule has 0 aliphatic rings. The molecule has 6 nitrogen and oxygen atoms in total. The first-order valence-electron chi connectivity index (χ1n) is 9.28. The zero-order valence-corrected chi connectivity index (χ0v) is 17.1. The number of hydrogen-bond acceptors (Lipinski definition) is 7. The van der Waals surface area contributed by atoms with E-state index in [1.807, 2.05) is 31.2 Å². The Morgan fingerprint density at radius 2 is 1.97 bits per heavy atom. The largest absolute Gasteiger partial charge is 0.452 e. The number of carbonyl (C=O) groups excluding carboxylic acids is 1. The highest BCUT2D eigenvalue weighted by Gasteiger charge is 2.20. The summed E-state index contributed by atoms with van der Waals surface area (Å²) in [6.07, 6.45) is -0.694. The number of benzene rings is 2. The molecule has 30 heavy (non-hydrogen) atoms. The van der Waals surface area contributed by atoms with Crippen LogP contribution in [-0.4, -0.2) is 21.2 Å². The van der Waals surface area contributed by atoms with Crippen LogP contribution >= 0.6 is 11.3 Å². The smallest absolute Gasteiger partial charge is 0.312 e. The molecule has 8 heteroatoms. The lowest BCUT2D eigenvalue weighted by molar-refractivity contribution is -0.148. The quantitative estimate of drug-likeness (QED) is 0.399. The summed E-state index contributed by atoms with van der Waals surface area (Å²) >= 11 is 1.34. The van der Waals surface area contributed by atoms with Gasteiger partial charge in [0.15, 0.2) is 6.10 Å². The summed E-state index contributed by atoms with van der Waals surface area (Å²) in [6.45, 7) is 3.66. The van der Waals surface area contributed by atoms with Gasteiger partial charge in [0.2, 0.25) is 5.89 Å². The highest BCUT2D eigenvalue weighted by Crippen LogP contribution is 2.26. The van der Waals surface area contributed by atoms with E-state index in [2.05, 4.69) is 15.2 Å². The second-order valence-corrected chi connectivity index (χ2v) is 7.63. The number of thiazole rings is 1. The van der Waals surface area contributed by atoms with E-state index >= 15 is 0 Å². The molecule has 2 aromatic heterocycles. The number of carbonyl (C=O) groups is 1. The number of nitrogens with zero attached hydrogens (tertiary/aromatic N) is 3. The third kappa shape index (κ3) is 4.60. The van der Waals surface area contributed by atoms with E-state index < -0.39 is 12.1 Å². The molecular weight excluding hydrogens is 405 g/mol. The van der Waals surface area contributed by atoms with Gasteiger partial charge >= 0.3 is 5.97 Å². The maximum Gasteiger partial charge on any atom is 0.312 e. The fourth-order valence-corrected chi connectivity index (χ4v) is 3.61. The van der Waals surface area contributed by atoms with Gasteiger partial charge in [-0.3, -0.25) is 4.79 Å². The van der Waals surface area contributed by atoms with E-state index in [1.165, 1.54) is 23.5 Å². The van der Waals surface area contributed by atoms with Crippen LogP contribution in [-0.2, 0) is 16.0 Å². The SMILES string of the molecule is Cc1ccc(-c2nnc(C(C)OC(=O)Cc3csc(-c4cccc(F)c4)n3)o2)cc1. The molecule has 0 bridgehead atoms. The van der Waals surface area contributed by atoms with Gasteiger partial charge in [-0.25, -0.2) is 9.37 Å². The van der Waals surface area contributed by atoms with Gasteiger partial charge in [0.05, 0.1) is 12.1 Å². The van der Waals surface area contributed by atoms with Crippen LogP contribution in [0.25, 0.3) is 22.0 Å². The molecule has 2 heterocycles. The normalized spacial score (nSPS) is 12.0. The van der Waals surface area contributed by atoms with Crippen LogP contribution in [0, 0.1) is 12.7 Å². The average Bonchev–Trinajstić information content (AvgIpc) is 3.38. The van der Waals surface area contributed by atoms with E-state index in [4.69, 9.17) is 9.15 Å². The second-order valence-electron chi connectivity index (χ2n) is 6.77.